The zero-order chi connectivity index (χ0) is 15.4. The Hall–Kier alpha value is -1.53. The van der Waals surface area contributed by atoms with Crippen LogP contribution in [0.15, 0.2) is 72.8 Å². The van der Waals surface area contributed by atoms with Crippen molar-refractivity contribution in [2.75, 3.05) is 0 Å². The molecule has 2 heterocycles. The Bertz CT molecular complexity index is 837. The van der Waals surface area contributed by atoms with Crippen LogP contribution in [0.3, 0.4) is 0 Å². The molecule has 1 unspecified atom stereocenters. The van der Waals surface area contributed by atoms with Gasteiger partial charge in [-0.25, -0.2) is 0 Å². The summed E-state index contributed by atoms with van der Waals surface area (Å²) in [6.45, 7) is 0. The first kappa shape index (κ1) is 13.9. The molecule has 1 atom stereocenters. The molecule has 0 amide bonds. The van der Waals surface area contributed by atoms with Crippen molar-refractivity contribution in [3.8, 4) is 0 Å². The molecule has 23 heavy (non-hydrogen) atoms. The van der Waals surface area contributed by atoms with E-state index in [0.29, 0.717) is 30.5 Å². The minimum absolute atomic E-state index is 0.494. The second-order valence-corrected chi connectivity index (χ2v) is 9.29. The first-order valence-electron chi connectivity index (χ1n) is 7.91. The van der Waals surface area contributed by atoms with E-state index in [9.17, 15) is 0 Å². The molecule has 1 aliphatic carbocycles. The van der Waals surface area contributed by atoms with Crippen LogP contribution < -0.4 is 0 Å². The number of halogens is 1. The van der Waals surface area contributed by atoms with Gasteiger partial charge in [-0.2, -0.15) is 0 Å². The molecule has 0 saturated heterocycles. The van der Waals surface area contributed by atoms with E-state index in [-0.39, 0.29) is 0 Å². The van der Waals surface area contributed by atoms with Crippen LogP contribution in [0.1, 0.15) is 43.4 Å². The number of fused-ring (bicyclic) bond motifs is 1. The van der Waals surface area contributed by atoms with Crippen molar-refractivity contribution in [1.29, 1.82) is 0 Å². The Kier molecular flexibility index (Phi) is 3.16. The topological polar surface area (TPSA) is 0 Å². The summed E-state index contributed by atoms with van der Waals surface area (Å²) >= 11 is 6.63. The second kappa shape index (κ2) is 5.24. The van der Waals surface area contributed by atoms with Gasteiger partial charge in [0.15, 0.2) is 0 Å². The van der Waals surface area contributed by atoms with Crippen LogP contribution in [0.25, 0.3) is 0 Å². The molecule has 0 radical (unpaired) electrons. The molecule has 112 valence electrons. The molecule has 0 nitrogen and oxygen atoms in total. The van der Waals surface area contributed by atoms with Gasteiger partial charge >= 0.3 is 148 Å². The van der Waals surface area contributed by atoms with E-state index in [0.717, 1.165) is 5.02 Å². The van der Waals surface area contributed by atoms with E-state index in [4.69, 9.17) is 11.6 Å². The van der Waals surface area contributed by atoms with E-state index < -0.39 is 0 Å². The van der Waals surface area contributed by atoms with Gasteiger partial charge < -0.3 is 0 Å². The van der Waals surface area contributed by atoms with Gasteiger partial charge in [0.2, 0.25) is 0 Å². The number of rotatable bonds is 1. The van der Waals surface area contributed by atoms with Crippen molar-refractivity contribution < 1.29 is 0 Å². The molecule has 0 aromatic heterocycles. The first-order valence-corrected chi connectivity index (χ1v) is 10.3. The monoisotopic (exact) mass is 382 g/mol. The molecule has 2 aliphatic heterocycles. The molecule has 0 saturated carbocycles. The Balaban J connectivity index is 1.72. The van der Waals surface area contributed by atoms with E-state index in [1.165, 1.54) is 16.7 Å². The molecule has 2 bridgehead atoms. The average Bonchev–Trinajstić information content (AvgIpc) is 2.62. The van der Waals surface area contributed by atoms with Crippen LogP contribution in [-0.4, -0.2) is 15.0 Å². The molecule has 2 heteroatoms. The third-order valence-corrected chi connectivity index (χ3v) is 8.66. The molecule has 6 rings (SSSR count). The third kappa shape index (κ3) is 2.04. The predicted octanol–water partition coefficient (Wildman–Crippen LogP) is 5.33. The van der Waals surface area contributed by atoms with E-state index in [2.05, 4.69) is 60.7 Å². The van der Waals surface area contributed by atoms with Gasteiger partial charge in [0.25, 0.3) is 0 Å². The Morgan fingerprint density at radius 2 is 1.17 bits per heavy atom. The van der Waals surface area contributed by atoms with Gasteiger partial charge in [-0.3, -0.25) is 0 Å². The second-order valence-electron chi connectivity index (χ2n) is 6.22. The maximum atomic E-state index is 6.10. The Labute approximate surface area is 147 Å². The van der Waals surface area contributed by atoms with Crippen molar-refractivity contribution in [3.05, 3.63) is 106 Å². The van der Waals surface area contributed by atoms with Gasteiger partial charge in [-0.1, -0.05) is 0 Å². The van der Waals surface area contributed by atoms with Crippen LogP contribution in [-0.2, 0) is 0 Å². The van der Waals surface area contributed by atoms with E-state index in [1.807, 2.05) is 12.1 Å². The standard InChI is InChI=1S/C21H15ClSe/c22-14-11-9-13(10-12-14)20-19-15-5-1-3-7-17(15)21(23-20)18-8-4-2-6-16(18)19/h1-12,19-21H. The fraction of sp³-hybridized carbons (Fsp3) is 0.143. The Morgan fingerprint density at radius 3 is 1.74 bits per heavy atom. The average molecular weight is 382 g/mol. The van der Waals surface area contributed by atoms with E-state index >= 15 is 0 Å². The van der Waals surface area contributed by atoms with Crippen LogP contribution in [0.5, 0.6) is 0 Å². The Morgan fingerprint density at radius 1 is 0.652 bits per heavy atom. The minimum atomic E-state index is 0.494. The quantitative estimate of drug-likeness (QED) is 0.499. The summed E-state index contributed by atoms with van der Waals surface area (Å²) in [6.07, 6.45) is 0. The summed E-state index contributed by atoms with van der Waals surface area (Å²) in [5.74, 6) is 0.494. The summed E-state index contributed by atoms with van der Waals surface area (Å²) in [5, 5.41) is 0.822. The summed E-state index contributed by atoms with van der Waals surface area (Å²) in [5.41, 5.74) is 7.62. The van der Waals surface area contributed by atoms with Crippen LogP contribution in [0.4, 0.5) is 0 Å². The zero-order valence-electron chi connectivity index (χ0n) is 12.4. The molecule has 0 N–H and O–H groups in total. The van der Waals surface area contributed by atoms with E-state index in [1.54, 1.807) is 11.1 Å². The number of benzene rings is 3. The summed E-state index contributed by atoms with van der Waals surface area (Å²) < 4.78 is 0. The zero-order valence-corrected chi connectivity index (χ0v) is 14.9. The molecule has 3 aliphatic rings. The van der Waals surface area contributed by atoms with Gasteiger partial charge in [-0.15, -0.1) is 0 Å². The van der Waals surface area contributed by atoms with Crippen molar-refractivity contribution in [1.82, 2.24) is 0 Å². The summed E-state index contributed by atoms with van der Waals surface area (Å²) in [4.78, 5) is 1.19. The van der Waals surface area contributed by atoms with Crippen molar-refractivity contribution in [2.45, 2.75) is 15.6 Å². The molecule has 3 aromatic rings. The van der Waals surface area contributed by atoms with Crippen LogP contribution >= 0.6 is 11.6 Å². The van der Waals surface area contributed by atoms with Crippen molar-refractivity contribution >= 4 is 26.6 Å². The first-order chi connectivity index (χ1) is 11.3. The van der Waals surface area contributed by atoms with Crippen molar-refractivity contribution in [3.63, 3.8) is 0 Å². The number of hydrogen-bond donors (Lipinski definition) is 0. The maximum absolute atomic E-state index is 6.10. The van der Waals surface area contributed by atoms with Gasteiger partial charge in [0, 0.05) is 0 Å². The molecular weight excluding hydrogens is 367 g/mol. The summed E-state index contributed by atoms with van der Waals surface area (Å²) in [7, 11) is 0. The predicted molar refractivity (Wildman–Crippen MR) is 96.5 cm³/mol. The molecular formula is C21H15ClSe. The normalized spacial score (nSPS) is 24.1. The van der Waals surface area contributed by atoms with Gasteiger partial charge in [0.1, 0.15) is 0 Å². The van der Waals surface area contributed by atoms with Gasteiger partial charge in [0.05, 0.1) is 0 Å². The molecule has 0 fully saturated rings. The van der Waals surface area contributed by atoms with Crippen molar-refractivity contribution in [2.24, 2.45) is 0 Å². The fourth-order valence-electron chi connectivity index (χ4n) is 4.02. The van der Waals surface area contributed by atoms with Gasteiger partial charge in [-0.05, 0) is 0 Å². The van der Waals surface area contributed by atoms with Crippen LogP contribution in [0.2, 0.25) is 5.02 Å². The molecule has 0 spiro atoms. The third-order valence-electron chi connectivity index (χ3n) is 5.01. The fourth-order valence-corrected chi connectivity index (χ4v) is 7.88. The van der Waals surface area contributed by atoms with Crippen LogP contribution in [0, 0.1) is 0 Å². The SMILES string of the molecule is Clc1ccc(C2[Se]C3c4ccccc4C2c2ccccc23)cc1. The molecule has 3 aromatic carbocycles. The summed E-state index contributed by atoms with van der Waals surface area (Å²) in [6, 6.07) is 26.6. The number of hydrogen-bond acceptors (Lipinski definition) is 0.